The van der Waals surface area contributed by atoms with E-state index in [2.05, 4.69) is 15.9 Å². The lowest BCUT2D eigenvalue weighted by Gasteiger charge is -2.21. The number of rotatable bonds is 3. The number of anilines is 2. The number of benzene rings is 1. The Balaban J connectivity index is 2.54. The Morgan fingerprint density at radius 2 is 2.00 bits per heavy atom. The quantitative estimate of drug-likeness (QED) is 0.802. The largest absolute Gasteiger partial charge is 0.397 e. The van der Waals surface area contributed by atoms with Crippen LogP contribution in [-0.4, -0.2) is 15.5 Å². The molecule has 0 atom stereocenters. The second-order valence-corrected chi connectivity index (χ2v) is 9.16. The van der Waals surface area contributed by atoms with Crippen LogP contribution in [0.4, 0.5) is 11.4 Å². The number of nitrogen functional groups attached to an aromatic ring is 1. The van der Waals surface area contributed by atoms with E-state index in [9.17, 15) is 8.42 Å². The maximum Gasteiger partial charge on any atom is 0.265 e. The van der Waals surface area contributed by atoms with E-state index in [1.54, 1.807) is 25.1 Å². The van der Waals surface area contributed by atoms with E-state index in [1.807, 2.05) is 0 Å². The van der Waals surface area contributed by atoms with Crippen LogP contribution in [-0.2, 0) is 10.0 Å². The Morgan fingerprint density at radius 3 is 2.55 bits per heavy atom. The van der Waals surface area contributed by atoms with Crippen LogP contribution in [0.2, 0.25) is 5.02 Å². The number of hydrogen-bond donors (Lipinski definition) is 1. The Bertz CT molecular complexity index is 759. The molecule has 0 radical (unpaired) electrons. The average Bonchev–Trinajstić information content (AvgIpc) is 2.71. The van der Waals surface area contributed by atoms with Crippen molar-refractivity contribution in [1.29, 1.82) is 0 Å². The third-order valence-corrected chi connectivity index (χ3v) is 6.63. The highest BCUT2D eigenvalue weighted by Crippen LogP contribution is 2.35. The molecule has 1 aromatic heterocycles. The minimum Gasteiger partial charge on any atom is -0.397 e. The topological polar surface area (TPSA) is 63.4 Å². The van der Waals surface area contributed by atoms with Crippen molar-refractivity contribution in [3.63, 3.8) is 0 Å². The van der Waals surface area contributed by atoms with E-state index in [1.165, 1.54) is 24.5 Å². The number of thiophene rings is 1. The molecule has 0 bridgehead atoms. The fraction of sp³-hybridized carbons (Fsp3) is 0.167. The van der Waals surface area contributed by atoms with E-state index < -0.39 is 10.0 Å². The fourth-order valence-corrected chi connectivity index (χ4v) is 5.52. The lowest BCUT2D eigenvalue weighted by Crippen LogP contribution is -2.27. The lowest BCUT2D eigenvalue weighted by molar-refractivity contribution is 0.594. The van der Waals surface area contributed by atoms with Gasteiger partial charge in [0.05, 0.1) is 15.2 Å². The molecule has 2 aromatic rings. The molecule has 20 heavy (non-hydrogen) atoms. The second-order valence-electron chi connectivity index (χ2n) is 4.15. The summed E-state index contributed by atoms with van der Waals surface area (Å²) in [5.41, 5.74) is 6.55. The highest BCUT2D eigenvalue weighted by atomic mass is 79.9. The summed E-state index contributed by atoms with van der Waals surface area (Å²) in [6, 6.07) is 6.32. The van der Waals surface area contributed by atoms with Crippen molar-refractivity contribution in [3.05, 3.63) is 38.0 Å². The SMILES string of the molecule is Cc1sc(Br)cc1S(=O)(=O)N(C)c1cc(Cl)ccc1N. The molecular formula is C12H12BrClN2O2S2. The summed E-state index contributed by atoms with van der Waals surface area (Å²) in [5, 5.41) is 0.430. The molecule has 8 heteroatoms. The Labute approximate surface area is 135 Å². The average molecular weight is 396 g/mol. The number of halogens is 2. The highest BCUT2D eigenvalue weighted by molar-refractivity contribution is 9.11. The van der Waals surface area contributed by atoms with Crippen molar-refractivity contribution in [3.8, 4) is 0 Å². The van der Waals surface area contributed by atoms with Gasteiger partial charge < -0.3 is 5.73 Å². The standard InChI is InChI=1S/C12H12BrClN2O2S2/c1-7-11(6-12(13)19-7)20(17,18)16(2)10-5-8(14)3-4-9(10)15/h3-6H,15H2,1-2H3. The molecule has 0 saturated carbocycles. The van der Waals surface area contributed by atoms with Crippen molar-refractivity contribution in [1.82, 2.24) is 0 Å². The minimum atomic E-state index is -3.67. The molecule has 0 unspecified atom stereocenters. The zero-order chi connectivity index (χ0) is 15.1. The molecule has 2 N–H and O–H groups in total. The number of hydrogen-bond acceptors (Lipinski definition) is 4. The molecule has 1 heterocycles. The number of nitrogens with zero attached hydrogens (tertiary/aromatic N) is 1. The van der Waals surface area contributed by atoms with Crippen LogP contribution in [0.5, 0.6) is 0 Å². The molecule has 0 amide bonds. The lowest BCUT2D eigenvalue weighted by atomic mass is 10.3. The van der Waals surface area contributed by atoms with Gasteiger partial charge in [0.2, 0.25) is 0 Å². The molecular weight excluding hydrogens is 384 g/mol. The number of nitrogens with two attached hydrogens (primary N) is 1. The van der Waals surface area contributed by atoms with Gasteiger partial charge in [0.15, 0.2) is 0 Å². The van der Waals surface area contributed by atoms with Crippen molar-refractivity contribution >= 4 is 60.3 Å². The molecule has 0 aliphatic carbocycles. The molecule has 0 aliphatic rings. The summed E-state index contributed by atoms with van der Waals surface area (Å²) >= 11 is 10.6. The third-order valence-electron chi connectivity index (χ3n) is 2.81. The first-order valence-electron chi connectivity index (χ1n) is 5.53. The zero-order valence-electron chi connectivity index (χ0n) is 10.7. The number of sulfonamides is 1. The van der Waals surface area contributed by atoms with Gasteiger partial charge in [-0.25, -0.2) is 8.42 Å². The minimum absolute atomic E-state index is 0.260. The molecule has 4 nitrogen and oxygen atoms in total. The van der Waals surface area contributed by atoms with Gasteiger partial charge in [-0.1, -0.05) is 11.6 Å². The molecule has 2 rings (SSSR count). The van der Waals surface area contributed by atoms with Crippen LogP contribution in [0.15, 0.2) is 32.9 Å². The van der Waals surface area contributed by atoms with E-state index in [4.69, 9.17) is 17.3 Å². The van der Waals surface area contributed by atoms with Gasteiger partial charge in [-0.3, -0.25) is 4.31 Å². The molecule has 0 spiro atoms. The van der Waals surface area contributed by atoms with Gasteiger partial charge >= 0.3 is 0 Å². The fourth-order valence-electron chi connectivity index (χ4n) is 1.75. The van der Waals surface area contributed by atoms with Gasteiger partial charge in [-0.05, 0) is 47.1 Å². The highest BCUT2D eigenvalue weighted by Gasteiger charge is 2.26. The Hall–Kier alpha value is -0.760. The van der Waals surface area contributed by atoms with Gasteiger partial charge in [0.25, 0.3) is 10.0 Å². The van der Waals surface area contributed by atoms with Crippen LogP contribution in [0.3, 0.4) is 0 Å². The normalized spacial score (nSPS) is 11.6. The smallest absolute Gasteiger partial charge is 0.265 e. The molecule has 108 valence electrons. The summed E-state index contributed by atoms with van der Waals surface area (Å²) in [5.74, 6) is 0. The van der Waals surface area contributed by atoms with E-state index in [0.29, 0.717) is 21.3 Å². The first-order chi connectivity index (χ1) is 9.23. The van der Waals surface area contributed by atoms with Crippen molar-refractivity contribution in [2.45, 2.75) is 11.8 Å². The third kappa shape index (κ3) is 2.81. The van der Waals surface area contributed by atoms with Gasteiger partial charge in [-0.2, -0.15) is 0 Å². The van der Waals surface area contributed by atoms with Gasteiger partial charge in [-0.15, -0.1) is 11.3 Å². The van der Waals surface area contributed by atoms with E-state index in [0.717, 1.165) is 8.09 Å². The van der Waals surface area contributed by atoms with E-state index >= 15 is 0 Å². The van der Waals surface area contributed by atoms with Crippen LogP contribution in [0.1, 0.15) is 4.88 Å². The van der Waals surface area contributed by atoms with Crippen molar-refractivity contribution < 1.29 is 8.42 Å². The first-order valence-corrected chi connectivity index (χ1v) is 8.96. The van der Waals surface area contributed by atoms with Gasteiger partial charge in [0, 0.05) is 16.9 Å². The number of aryl methyl sites for hydroxylation is 1. The summed E-state index contributed by atoms with van der Waals surface area (Å²) < 4.78 is 27.2. The Morgan fingerprint density at radius 1 is 1.35 bits per heavy atom. The summed E-state index contributed by atoms with van der Waals surface area (Å²) in [6.07, 6.45) is 0. The Kier molecular flexibility index (Phi) is 4.34. The molecule has 0 fully saturated rings. The predicted octanol–water partition coefficient (Wildman–Crippen LogP) is 3.88. The van der Waals surface area contributed by atoms with Crippen molar-refractivity contribution in [2.24, 2.45) is 0 Å². The molecule has 0 saturated heterocycles. The van der Waals surface area contributed by atoms with Crippen LogP contribution in [0, 0.1) is 6.92 Å². The van der Waals surface area contributed by atoms with Gasteiger partial charge in [0.1, 0.15) is 4.90 Å². The monoisotopic (exact) mass is 394 g/mol. The summed E-state index contributed by atoms with van der Waals surface area (Å²) in [4.78, 5) is 0.973. The first kappa shape index (κ1) is 15.6. The van der Waals surface area contributed by atoms with Crippen LogP contribution in [0.25, 0.3) is 0 Å². The van der Waals surface area contributed by atoms with Crippen LogP contribution < -0.4 is 10.0 Å². The second kappa shape index (κ2) is 5.55. The zero-order valence-corrected chi connectivity index (χ0v) is 14.7. The van der Waals surface area contributed by atoms with Crippen molar-refractivity contribution in [2.75, 3.05) is 17.1 Å². The summed E-state index contributed by atoms with van der Waals surface area (Å²) in [7, 11) is -2.21. The van der Waals surface area contributed by atoms with E-state index in [-0.39, 0.29) is 4.90 Å². The predicted molar refractivity (Wildman–Crippen MR) is 88.2 cm³/mol. The molecule has 1 aromatic carbocycles. The summed E-state index contributed by atoms with van der Waals surface area (Å²) in [6.45, 7) is 1.76. The maximum atomic E-state index is 12.6. The maximum absolute atomic E-state index is 12.6. The van der Waals surface area contributed by atoms with Crippen LogP contribution >= 0.6 is 38.9 Å². The molecule has 0 aliphatic heterocycles.